The summed E-state index contributed by atoms with van der Waals surface area (Å²) >= 11 is 4.32. The van der Waals surface area contributed by atoms with Crippen molar-refractivity contribution in [3.05, 3.63) is 41.7 Å². The molecular weight excluding hydrogens is 395 g/mol. The molecule has 0 fully saturated rings. The highest BCUT2D eigenvalue weighted by Gasteiger charge is 2.46. The maximum Gasteiger partial charge on any atom is 0.516 e. The van der Waals surface area contributed by atoms with Crippen molar-refractivity contribution >= 4 is 28.3 Å². The number of hydrogen-bond donors (Lipinski definition) is 2. The van der Waals surface area contributed by atoms with Gasteiger partial charge >= 0.3 is 15.5 Å². The molecule has 0 spiro atoms. The zero-order valence-electron chi connectivity index (χ0n) is 13.5. The normalized spacial score (nSPS) is 13.2. The minimum absolute atomic E-state index is 0.0585. The minimum Gasteiger partial charge on any atom is -0.481 e. The summed E-state index contributed by atoms with van der Waals surface area (Å²) < 4.78 is 72.3. The highest BCUT2D eigenvalue weighted by molar-refractivity contribution is 7.93. The SMILES string of the molecule is COc1cc(OC)nc(C(S)c2ccccc2NS(=O)(=O)C(F)(F)F)n1. The topological polar surface area (TPSA) is 90.4 Å². The van der Waals surface area contributed by atoms with Crippen LogP contribution < -0.4 is 14.2 Å². The van der Waals surface area contributed by atoms with Gasteiger partial charge in [0, 0.05) is 0 Å². The largest absolute Gasteiger partial charge is 0.516 e. The Bertz CT molecular complexity index is 869. The van der Waals surface area contributed by atoms with E-state index in [1.807, 2.05) is 0 Å². The Kier molecular flexibility index (Phi) is 5.86. The van der Waals surface area contributed by atoms with Gasteiger partial charge in [-0.05, 0) is 11.6 Å². The van der Waals surface area contributed by atoms with E-state index in [1.165, 1.54) is 49.3 Å². The van der Waals surface area contributed by atoms with Crippen molar-refractivity contribution in [2.45, 2.75) is 10.8 Å². The Hall–Kier alpha value is -2.21. The van der Waals surface area contributed by atoms with Gasteiger partial charge in [0.2, 0.25) is 11.8 Å². The highest BCUT2D eigenvalue weighted by Crippen LogP contribution is 2.35. The maximum atomic E-state index is 12.6. The number of rotatable bonds is 6. The fourth-order valence-corrected chi connectivity index (χ4v) is 2.85. The molecule has 0 radical (unpaired) electrons. The van der Waals surface area contributed by atoms with Crippen molar-refractivity contribution < 1.29 is 31.1 Å². The molecule has 2 rings (SSSR count). The molecule has 1 atom stereocenters. The van der Waals surface area contributed by atoms with Crippen molar-refractivity contribution in [2.24, 2.45) is 0 Å². The van der Waals surface area contributed by atoms with E-state index in [-0.39, 0.29) is 28.8 Å². The molecule has 7 nitrogen and oxygen atoms in total. The van der Waals surface area contributed by atoms with Crippen LogP contribution in [0.5, 0.6) is 11.8 Å². The minimum atomic E-state index is -5.59. The summed E-state index contributed by atoms with van der Waals surface area (Å²) in [5.74, 6) is 0.363. The van der Waals surface area contributed by atoms with Crippen LogP contribution in [-0.2, 0) is 10.0 Å². The number of methoxy groups -OCH3 is 2. The first-order chi connectivity index (χ1) is 12.1. The van der Waals surface area contributed by atoms with Crippen molar-refractivity contribution in [3.8, 4) is 11.8 Å². The van der Waals surface area contributed by atoms with Crippen LogP contribution in [0.1, 0.15) is 16.6 Å². The number of halogens is 3. The number of aromatic nitrogens is 2. The van der Waals surface area contributed by atoms with E-state index in [9.17, 15) is 21.6 Å². The summed E-state index contributed by atoms with van der Waals surface area (Å²) in [4.78, 5) is 8.15. The number of nitrogens with zero attached hydrogens (tertiary/aromatic N) is 2. The first-order valence-electron chi connectivity index (χ1n) is 6.92. The lowest BCUT2D eigenvalue weighted by Crippen LogP contribution is -2.30. The molecule has 0 aliphatic heterocycles. The summed E-state index contributed by atoms with van der Waals surface area (Å²) in [6, 6.07) is 6.88. The molecule has 1 aromatic heterocycles. The Morgan fingerprint density at radius 3 is 2.15 bits per heavy atom. The van der Waals surface area contributed by atoms with Crippen LogP contribution in [0.25, 0.3) is 0 Å². The molecule has 1 N–H and O–H groups in total. The van der Waals surface area contributed by atoms with Crippen LogP contribution in [0.15, 0.2) is 30.3 Å². The molecule has 2 aromatic rings. The Balaban J connectivity index is 2.47. The number of anilines is 1. The average Bonchev–Trinajstić information content (AvgIpc) is 2.59. The van der Waals surface area contributed by atoms with E-state index in [4.69, 9.17) is 9.47 Å². The zero-order chi connectivity index (χ0) is 19.5. The van der Waals surface area contributed by atoms with E-state index >= 15 is 0 Å². The molecule has 0 saturated heterocycles. The molecule has 0 saturated carbocycles. The van der Waals surface area contributed by atoms with Crippen LogP contribution in [0.4, 0.5) is 18.9 Å². The number of nitrogens with one attached hydrogen (secondary N) is 1. The second-order valence-corrected chi connectivity index (χ2v) is 7.04. The number of benzene rings is 1. The van der Waals surface area contributed by atoms with Crippen molar-refractivity contribution in [1.29, 1.82) is 0 Å². The van der Waals surface area contributed by atoms with Crippen LogP contribution in [0, 0.1) is 0 Å². The Morgan fingerprint density at radius 1 is 1.12 bits per heavy atom. The van der Waals surface area contributed by atoms with Crippen LogP contribution in [-0.4, -0.2) is 38.1 Å². The van der Waals surface area contributed by atoms with Gasteiger partial charge in [0.15, 0.2) is 5.82 Å². The van der Waals surface area contributed by atoms with E-state index in [0.29, 0.717) is 0 Å². The van der Waals surface area contributed by atoms with E-state index in [0.717, 1.165) is 0 Å². The lowest BCUT2D eigenvalue weighted by atomic mass is 10.1. The fraction of sp³-hybridized carbons (Fsp3) is 0.286. The van der Waals surface area contributed by atoms with Gasteiger partial charge in [-0.3, -0.25) is 4.72 Å². The van der Waals surface area contributed by atoms with E-state index in [1.54, 1.807) is 0 Å². The third-order valence-corrected chi connectivity index (χ3v) is 4.77. The van der Waals surface area contributed by atoms with Crippen molar-refractivity contribution in [2.75, 3.05) is 18.9 Å². The van der Waals surface area contributed by atoms with E-state index in [2.05, 4.69) is 22.6 Å². The monoisotopic (exact) mass is 409 g/mol. The number of sulfonamides is 1. The van der Waals surface area contributed by atoms with Crippen LogP contribution >= 0.6 is 12.6 Å². The number of ether oxygens (including phenoxy) is 2. The van der Waals surface area contributed by atoms with Crippen molar-refractivity contribution in [3.63, 3.8) is 0 Å². The van der Waals surface area contributed by atoms with Gasteiger partial charge in [0.05, 0.1) is 31.2 Å². The van der Waals surface area contributed by atoms with Gasteiger partial charge in [-0.25, -0.2) is 0 Å². The first kappa shape index (κ1) is 20.1. The molecule has 0 bridgehead atoms. The second kappa shape index (κ2) is 7.58. The van der Waals surface area contributed by atoms with Crippen LogP contribution in [0.3, 0.4) is 0 Å². The summed E-state index contributed by atoms with van der Waals surface area (Å²) in [5, 5.41) is -0.953. The smallest absolute Gasteiger partial charge is 0.481 e. The lowest BCUT2D eigenvalue weighted by molar-refractivity contribution is -0.0429. The Morgan fingerprint density at radius 2 is 1.65 bits per heavy atom. The lowest BCUT2D eigenvalue weighted by Gasteiger charge is -2.18. The predicted octanol–water partition coefficient (Wildman–Crippen LogP) is 2.77. The number of alkyl halides is 3. The third-order valence-electron chi connectivity index (χ3n) is 3.16. The summed E-state index contributed by atoms with van der Waals surface area (Å²) in [6.07, 6.45) is 0. The molecule has 12 heteroatoms. The first-order valence-corrected chi connectivity index (χ1v) is 8.92. The molecule has 1 aromatic carbocycles. The quantitative estimate of drug-likeness (QED) is 0.713. The van der Waals surface area contributed by atoms with Gasteiger partial charge < -0.3 is 9.47 Å². The standard InChI is InChI=1S/C14H14F3N3O4S2/c1-23-10-7-11(24-2)19-13(18-10)12(25)8-5-3-4-6-9(8)20-26(21,22)14(15,16)17/h3-7,12,20,25H,1-2H3. The number of para-hydroxylation sites is 1. The number of hydrogen-bond acceptors (Lipinski definition) is 7. The number of thiol groups is 1. The molecule has 0 amide bonds. The Labute approximate surface area is 153 Å². The van der Waals surface area contributed by atoms with Gasteiger partial charge in [-0.1, -0.05) is 18.2 Å². The summed E-state index contributed by atoms with van der Waals surface area (Å²) in [5.41, 5.74) is -5.63. The molecule has 1 unspecified atom stereocenters. The second-order valence-electron chi connectivity index (χ2n) is 4.85. The van der Waals surface area contributed by atoms with Gasteiger partial charge in [-0.15, -0.1) is 0 Å². The molecule has 26 heavy (non-hydrogen) atoms. The maximum absolute atomic E-state index is 12.6. The fourth-order valence-electron chi connectivity index (χ4n) is 1.92. The summed E-state index contributed by atoms with van der Waals surface area (Å²) in [6.45, 7) is 0. The van der Waals surface area contributed by atoms with Gasteiger partial charge in [0.25, 0.3) is 0 Å². The predicted molar refractivity (Wildman–Crippen MR) is 91.0 cm³/mol. The average molecular weight is 409 g/mol. The molecule has 142 valence electrons. The molecular formula is C14H14F3N3O4S2. The zero-order valence-corrected chi connectivity index (χ0v) is 15.2. The van der Waals surface area contributed by atoms with E-state index < -0.39 is 20.8 Å². The molecule has 1 heterocycles. The van der Waals surface area contributed by atoms with Crippen LogP contribution in [0.2, 0.25) is 0 Å². The van der Waals surface area contributed by atoms with Crippen molar-refractivity contribution in [1.82, 2.24) is 9.97 Å². The highest BCUT2D eigenvalue weighted by atomic mass is 32.2. The third kappa shape index (κ3) is 4.30. The van der Waals surface area contributed by atoms with Gasteiger partial charge in [0.1, 0.15) is 0 Å². The molecule has 0 aliphatic carbocycles. The molecule has 0 aliphatic rings. The van der Waals surface area contributed by atoms with Gasteiger partial charge in [-0.2, -0.15) is 44.2 Å². The summed E-state index contributed by atoms with van der Waals surface area (Å²) in [7, 11) is -2.86.